The van der Waals surface area contributed by atoms with E-state index in [0.29, 0.717) is 12.0 Å². The molecule has 1 aliphatic heterocycles. The lowest BCUT2D eigenvalue weighted by Gasteiger charge is -2.25. The summed E-state index contributed by atoms with van der Waals surface area (Å²) < 4.78 is 0. The molecule has 146 valence electrons. The van der Waals surface area contributed by atoms with Crippen LogP contribution < -0.4 is 10.7 Å². The molecular weight excluding hydrogens is 368 g/mol. The fourth-order valence-electron chi connectivity index (χ4n) is 3.51. The number of amides is 1. The molecule has 0 bridgehead atoms. The van der Waals surface area contributed by atoms with Crippen LogP contribution in [0.1, 0.15) is 17.3 Å². The van der Waals surface area contributed by atoms with Crippen LogP contribution in [0.3, 0.4) is 0 Å². The van der Waals surface area contributed by atoms with E-state index in [-0.39, 0.29) is 11.6 Å². The number of nitrogens with one attached hydrogen (secondary N) is 2. The molecule has 1 fully saturated rings. The van der Waals surface area contributed by atoms with Crippen LogP contribution >= 0.6 is 0 Å². The largest absolute Gasteiger partial charge is 0.294 e. The summed E-state index contributed by atoms with van der Waals surface area (Å²) in [5, 5.41) is 16.3. The maximum absolute atomic E-state index is 13.2. The van der Waals surface area contributed by atoms with Crippen LogP contribution in [0.2, 0.25) is 0 Å². The topological polar surface area (TPSA) is 87.5 Å². The van der Waals surface area contributed by atoms with Gasteiger partial charge in [-0.1, -0.05) is 60.7 Å². The van der Waals surface area contributed by atoms with E-state index in [1.165, 1.54) is 11.1 Å². The molecule has 1 amide bonds. The molecule has 1 aliphatic rings. The number of rotatable bonds is 6. The minimum atomic E-state index is -0.669. The molecule has 3 aromatic rings. The van der Waals surface area contributed by atoms with Crippen molar-refractivity contribution in [3.63, 3.8) is 0 Å². The number of hydrogen-bond acceptors (Lipinski definition) is 5. The summed E-state index contributed by atoms with van der Waals surface area (Å²) in [6, 6.07) is 25.0. The molecule has 4 rings (SSSR count). The normalized spacial score (nSPS) is 18.6. The van der Waals surface area contributed by atoms with E-state index in [9.17, 15) is 14.9 Å². The summed E-state index contributed by atoms with van der Waals surface area (Å²) in [6.07, 6.45) is -0.179. The smallest absolute Gasteiger partial charge is 0.276 e. The highest BCUT2D eigenvalue weighted by atomic mass is 16.6. The number of para-hydroxylation sites is 2. The Balaban J connectivity index is 1.68. The summed E-state index contributed by atoms with van der Waals surface area (Å²) in [6.45, 7) is 0. The van der Waals surface area contributed by atoms with Gasteiger partial charge in [-0.05, 0) is 30.2 Å². The monoisotopic (exact) mass is 388 g/mol. The van der Waals surface area contributed by atoms with E-state index < -0.39 is 17.1 Å². The third kappa shape index (κ3) is 3.95. The molecule has 7 nitrogen and oxygen atoms in total. The van der Waals surface area contributed by atoms with Crippen molar-refractivity contribution in [3.05, 3.63) is 106 Å². The number of carbonyl (C=O) groups excluding carboxylic acids is 1. The first-order chi connectivity index (χ1) is 14.1. The van der Waals surface area contributed by atoms with Gasteiger partial charge >= 0.3 is 0 Å². The highest BCUT2D eigenvalue weighted by Gasteiger charge is 2.42. The van der Waals surface area contributed by atoms with Crippen molar-refractivity contribution in [1.29, 1.82) is 0 Å². The standard InChI is InChI=1S/C22H20N4O3/c27-22-19(15-16-9-3-1-4-10-16)23-21(18-13-7-8-14-20(18)26(28)29)25(22)24-17-11-5-2-6-12-17/h1-14,19,21,23-24H,15H2/t19-,21?/m0/s1. The van der Waals surface area contributed by atoms with Crippen LogP contribution in [-0.2, 0) is 11.2 Å². The van der Waals surface area contributed by atoms with Gasteiger partial charge in [0, 0.05) is 6.07 Å². The molecule has 0 radical (unpaired) electrons. The first-order valence-corrected chi connectivity index (χ1v) is 9.31. The van der Waals surface area contributed by atoms with Gasteiger partial charge in [0.15, 0.2) is 0 Å². The number of hydrazine groups is 1. The molecule has 7 heteroatoms. The van der Waals surface area contributed by atoms with Crippen molar-refractivity contribution in [2.24, 2.45) is 0 Å². The van der Waals surface area contributed by atoms with Gasteiger partial charge in [0.1, 0.15) is 6.17 Å². The molecule has 2 N–H and O–H groups in total. The van der Waals surface area contributed by atoms with E-state index in [2.05, 4.69) is 10.7 Å². The van der Waals surface area contributed by atoms with Gasteiger partial charge in [-0.15, -0.1) is 0 Å². The highest BCUT2D eigenvalue weighted by molar-refractivity contribution is 5.86. The molecule has 3 aromatic carbocycles. The number of nitro benzene ring substituents is 1. The third-order valence-corrected chi connectivity index (χ3v) is 4.89. The molecule has 0 saturated carbocycles. The first-order valence-electron chi connectivity index (χ1n) is 9.31. The van der Waals surface area contributed by atoms with Gasteiger partial charge < -0.3 is 0 Å². The highest BCUT2D eigenvalue weighted by Crippen LogP contribution is 2.32. The summed E-state index contributed by atoms with van der Waals surface area (Å²) in [7, 11) is 0. The SMILES string of the molecule is O=C1[C@H](Cc2ccccc2)NC(c2ccccc2[N+](=O)[O-])N1Nc1ccccc1. The molecule has 1 saturated heterocycles. The Morgan fingerprint density at radius 3 is 2.24 bits per heavy atom. The Kier molecular flexibility index (Phi) is 5.22. The second-order valence-electron chi connectivity index (χ2n) is 6.81. The molecule has 0 aliphatic carbocycles. The van der Waals surface area contributed by atoms with Crippen molar-refractivity contribution in [1.82, 2.24) is 10.3 Å². The van der Waals surface area contributed by atoms with Crippen LogP contribution in [0.4, 0.5) is 11.4 Å². The summed E-state index contributed by atoms with van der Waals surface area (Å²) in [5.74, 6) is -0.166. The lowest BCUT2D eigenvalue weighted by atomic mass is 10.1. The number of nitrogens with zero attached hydrogens (tertiary/aromatic N) is 2. The van der Waals surface area contributed by atoms with E-state index in [0.717, 1.165) is 11.3 Å². The second-order valence-corrected chi connectivity index (χ2v) is 6.81. The predicted molar refractivity (Wildman–Crippen MR) is 110 cm³/mol. The zero-order valence-electron chi connectivity index (χ0n) is 15.6. The second kappa shape index (κ2) is 8.12. The number of benzene rings is 3. The lowest BCUT2D eigenvalue weighted by Crippen LogP contribution is -2.36. The first kappa shape index (κ1) is 18.6. The van der Waals surface area contributed by atoms with Crippen LogP contribution in [0, 0.1) is 10.1 Å². The van der Waals surface area contributed by atoms with E-state index in [1.807, 2.05) is 60.7 Å². The Bertz CT molecular complexity index is 1010. The Labute approximate surface area is 168 Å². The Morgan fingerprint density at radius 2 is 1.55 bits per heavy atom. The quantitative estimate of drug-likeness (QED) is 0.497. The lowest BCUT2D eigenvalue weighted by molar-refractivity contribution is -0.386. The van der Waals surface area contributed by atoms with Gasteiger partial charge in [-0.2, -0.15) is 0 Å². The van der Waals surface area contributed by atoms with Crippen molar-refractivity contribution >= 4 is 17.3 Å². The molecule has 0 aromatic heterocycles. The van der Waals surface area contributed by atoms with E-state index in [1.54, 1.807) is 18.2 Å². The summed E-state index contributed by atoms with van der Waals surface area (Å²) >= 11 is 0. The van der Waals surface area contributed by atoms with Gasteiger partial charge in [-0.25, -0.2) is 5.01 Å². The third-order valence-electron chi connectivity index (χ3n) is 4.89. The van der Waals surface area contributed by atoms with Crippen molar-refractivity contribution in [2.45, 2.75) is 18.6 Å². The number of nitro groups is 1. The van der Waals surface area contributed by atoms with Crippen LogP contribution in [0.5, 0.6) is 0 Å². The Hall–Kier alpha value is -3.71. The number of anilines is 1. The summed E-state index contributed by atoms with van der Waals surface area (Å²) in [4.78, 5) is 24.3. The fraction of sp³-hybridized carbons (Fsp3) is 0.136. The van der Waals surface area contributed by atoms with Crippen LogP contribution in [0.25, 0.3) is 0 Å². The van der Waals surface area contributed by atoms with Gasteiger partial charge in [-0.3, -0.25) is 25.7 Å². The molecule has 1 heterocycles. The molecule has 2 atom stereocenters. The minimum Gasteiger partial charge on any atom is -0.294 e. The van der Waals surface area contributed by atoms with Gasteiger partial charge in [0.05, 0.1) is 22.2 Å². The zero-order chi connectivity index (χ0) is 20.2. The van der Waals surface area contributed by atoms with Crippen molar-refractivity contribution in [2.75, 3.05) is 5.43 Å². The number of carbonyl (C=O) groups is 1. The zero-order valence-corrected chi connectivity index (χ0v) is 15.6. The van der Waals surface area contributed by atoms with E-state index in [4.69, 9.17) is 0 Å². The molecule has 0 spiro atoms. The molecular formula is C22H20N4O3. The predicted octanol–water partition coefficient (Wildman–Crippen LogP) is 3.66. The van der Waals surface area contributed by atoms with Crippen LogP contribution in [0.15, 0.2) is 84.9 Å². The average molecular weight is 388 g/mol. The van der Waals surface area contributed by atoms with Crippen molar-refractivity contribution in [3.8, 4) is 0 Å². The minimum absolute atomic E-state index is 0.0296. The fourth-order valence-corrected chi connectivity index (χ4v) is 3.51. The molecule has 1 unspecified atom stereocenters. The maximum Gasteiger partial charge on any atom is 0.276 e. The van der Waals surface area contributed by atoms with Gasteiger partial charge in [0.2, 0.25) is 0 Å². The summed E-state index contributed by atoms with van der Waals surface area (Å²) in [5.41, 5.74) is 5.27. The maximum atomic E-state index is 13.2. The molecule has 29 heavy (non-hydrogen) atoms. The van der Waals surface area contributed by atoms with Crippen LogP contribution in [-0.4, -0.2) is 21.9 Å². The van der Waals surface area contributed by atoms with Crippen molar-refractivity contribution < 1.29 is 9.72 Å². The van der Waals surface area contributed by atoms with Gasteiger partial charge in [0.25, 0.3) is 11.6 Å². The van der Waals surface area contributed by atoms with E-state index >= 15 is 0 Å². The Morgan fingerprint density at radius 1 is 0.931 bits per heavy atom. The number of hydrogen-bond donors (Lipinski definition) is 2. The average Bonchev–Trinajstić information content (AvgIpc) is 3.05.